The van der Waals surface area contributed by atoms with Gasteiger partial charge in [-0.25, -0.2) is 9.97 Å². The maximum absolute atomic E-state index is 12.6. The zero-order chi connectivity index (χ0) is 15.8. The van der Waals surface area contributed by atoms with Gasteiger partial charge in [-0.2, -0.15) is 0 Å². The van der Waals surface area contributed by atoms with Gasteiger partial charge >= 0.3 is 0 Å². The first-order chi connectivity index (χ1) is 11.2. The molecule has 0 unspecified atom stereocenters. The van der Waals surface area contributed by atoms with Gasteiger partial charge in [0.15, 0.2) is 5.13 Å². The summed E-state index contributed by atoms with van der Waals surface area (Å²) in [5.74, 6) is -0.136. The van der Waals surface area contributed by atoms with E-state index in [2.05, 4.69) is 9.97 Å². The Hall–Kier alpha value is -2.09. The van der Waals surface area contributed by atoms with Gasteiger partial charge in [-0.05, 0) is 23.6 Å². The molecule has 0 aliphatic rings. The summed E-state index contributed by atoms with van der Waals surface area (Å²) in [6.45, 7) is 0. The van der Waals surface area contributed by atoms with Crippen LogP contribution in [0.3, 0.4) is 0 Å². The molecule has 3 aromatic heterocycles. The predicted molar refractivity (Wildman–Crippen MR) is 97.8 cm³/mol. The summed E-state index contributed by atoms with van der Waals surface area (Å²) in [6.07, 6.45) is 0. The molecular weight excluding hydrogens is 346 g/mol. The average Bonchev–Trinajstić information content (AvgIpc) is 3.32. The zero-order valence-corrected chi connectivity index (χ0v) is 14.5. The number of amides is 1. The molecule has 4 nitrogen and oxygen atoms in total. The van der Waals surface area contributed by atoms with E-state index < -0.39 is 0 Å². The lowest BCUT2D eigenvalue weighted by Crippen LogP contribution is -2.26. The fraction of sp³-hybridized carbons (Fsp3) is 0.0625. The Balaban J connectivity index is 1.63. The van der Waals surface area contributed by atoms with E-state index in [1.165, 1.54) is 22.7 Å². The number of anilines is 1. The second kappa shape index (κ2) is 5.84. The van der Waals surface area contributed by atoms with Gasteiger partial charge < -0.3 is 0 Å². The summed E-state index contributed by atoms with van der Waals surface area (Å²) in [5, 5.41) is 5.37. The number of fused-ring (bicyclic) bond motifs is 1. The van der Waals surface area contributed by atoms with Crippen molar-refractivity contribution >= 4 is 55.3 Å². The van der Waals surface area contributed by atoms with Crippen LogP contribution in [0.5, 0.6) is 0 Å². The number of para-hydroxylation sites is 1. The highest BCUT2D eigenvalue weighted by atomic mass is 32.1. The quantitative estimate of drug-likeness (QED) is 0.531. The third-order valence-electron chi connectivity index (χ3n) is 3.33. The van der Waals surface area contributed by atoms with Gasteiger partial charge in [-0.15, -0.1) is 22.7 Å². The number of carbonyl (C=O) groups excluding carboxylic acids is 1. The number of thiazole rings is 2. The summed E-state index contributed by atoms with van der Waals surface area (Å²) < 4.78 is 1.07. The van der Waals surface area contributed by atoms with Crippen molar-refractivity contribution < 1.29 is 4.79 Å². The number of aromatic nitrogens is 2. The summed E-state index contributed by atoms with van der Waals surface area (Å²) in [7, 11) is 1.74. The minimum atomic E-state index is -0.136. The van der Waals surface area contributed by atoms with Crippen molar-refractivity contribution in [1.29, 1.82) is 0 Å². The maximum atomic E-state index is 12.6. The molecule has 23 heavy (non-hydrogen) atoms. The molecule has 4 aromatic rings. The molecule has 0 fully saturated rings. The van der Waals surface area contributed by atoms with E-state index in [1.807, 2.05) is 41.8 Å². The molecule has 7 heteroatoms. The minimum absolute atomic E-state index is 0.136. The molecule has 0 saturated heterocycles. The highest BCUT2D eigenvalue weighted by Crippen LogP contribution is 2.31. The first-order valence-electron chi connectivity index (χ1n) is 6.85. The molecule has 114 valence electrons. The molecule has 0 N–H and O–H groups in total. The summed E-state index contributed by atoms with van der Waals surface area (Å²) in [5.41, 5.74) is 1.37. The molecule has 1 aromatic carbocycles. The van der Waals surface area contributed by atoms with Crippen LogP contribution < -0.4 is 4.90 Å². The van der Waals surface area contributed by atoms with Crippen LogP contribution in [0.4, 0.5) is 5.13 Å². The Morgan fingerprint density at radius 1 is 1.09 bits per heavy atom. The second-order valence-corrected chi connectivity index (χ2v) is 7.66. The third-order valence-corrected chi connectivity index (χ3v) is 6.32. The molecular formula is C16H11N3OS3. The van der Waals surface area contributed by atoms with Crippen molar-refractivity contribution in [2.75, 3.05) is 11.9 Å². The first-order valence-corrected chi connectivity index (χ1v) is 9.43. The highest BCUT2D eigenvalue weighted by Gasteiger charge is 2.20. The van der Waals surface area contributed by atoms with Crippen molar-refractivity contribution in [3.8, 4) is 9.88 Å². The lowest BCUT2D eigenvalue weighted by atomic mass is 10.3. The lowest BCUT2D eigenvalue weighted by molar-refractivity contribution is 0.0989. The normalized spacial score (nSPS) is 11.0. The van der Waals surface area contributed by atoms with E-state index in [9.17, 15) is 4.79 Å². The SMILES string of the molecule is CN(C(=O)c1csc(-c2cccs2)n1)c1nc2ccccc2s1. The van der Waals surface area contributed by atoms with E-state index in [1.54, 1.807) is 28.7 Å². The Kier molecular flexibility index (Phi) is 3.68. The zero-order valence-electron chi connectivity index (χ0n) is 12.1. The average molecular weight is 357 g/mol. The van der Waals surface area contributed by atoms with Crippen LogP contribution in [0.15, 0.2) is 47.2 Å². The van der Waals surface area contributed by atoms with Crippen molar-refractivity contribution in [3.63, 3.8) is 0 Å². The number of carbonyl (C=O) groups is 1. The fourth-order valence-electron chi connectivity index (χ4n) is 2.15. The Morgan fingerprint density at radius 2 is 1.96 bits per heavy atom. The number of hydrogen-bond donors (Lipinski definition) is 0. The van der Waals surface area contributed by atoms with Crippen LogP contribution in [0, 0.1) is 0 Å². The third kappa shape index (κ3) is 2.67. The van der Waals surface area contributed by atoms with Gasteiger partial charge in [0.2, 0.25) is 0 Å². The van der Waals surface area contributed by atoms with Crippen LogP contribution in [-0.4, -0.2) is 22.9 Å². The summed E-state index contributed by atoms with van der Waals surface area (Å²) >= 11 is 4.61. The summed E-state index contributed by atoms with van der Waals surface area (Å²) in [6, 6.07) is 11.9. The number of hydrogen-bond acceptors (Lipinski definition) is 6. The van der Waals surface area contributed by atoms with Gasteiger partial charge in [-0.3, -0.25) is 9.69 Å². The molecule has 0 saturated carbocycles. The molecule has 1 amide bonds. The van der Waals surface area contributed by atoms with Crippen molar-refractivity contribution in [2.24, 2.45) is 0 Å². The number of rotatable bonds is 3. The minimum Gasteiger partial charge on any atom is -0.286 e. The fourth-order valence-corrected chi connectivity index (χ4v) is 4.68. The van der Waals surface area contributed by atoms with Crippen molar-refractivity contribution in [1.82, 2.24) is 9.97 Å². The highest BCUT2D eigenvalue weighted by molar-refractivity contribution is 7.22. The van der Waals surface area contributed by atoms with Crippen LogP contribution in [0.25, 0.3) is 20.1 Å². The second-order valence-electron chi connectivity index (χ2n) is 4.84. The van der Waals surface area contributed by atoms with Crippen LogP contribution in [0.1, 0.15) is 10.5 Å². The first kappa shape index (κ1) is 14.5. The Morgan fingerprint density at radius 3 is 2.74 bits per heavy atom. The van der Waals surface area contributed by atoms with Gasteiger partial charge in [0.1, 0.15) is 10.7 Å². The van der Waals surface area contributed by atoms with Crippen LogP contribution >= 0.6 is 34.0 Å². The standard InChI is InChI=1S/C16H11N3OS3/c1-19(16-18-10-5-2-3-6-12(10)23-16)15(20)11-9-22-14(17-11)13-7-4-8-21-13/h2-9H,1H3. The topological polar surface area (TPSA) is 46.1 Å². The number of nitrogens with zero attached hydrogens (tertiary/aromatic N) is 3. The van der Waals surface area contributed by atoms with Crippen molar-refractivity contribution in [2.45, 2.75) is 0 Å². The van der Waals surface area contributed by atoms with Gasteiger partial charge in [-0.1, -0.05) is 29.5 Å². The van der Waals surface area contributed by atoms with E-state index in [0.29, 0.717) is 10.8 Å². The smallest absolute Gasteiger partial charge is 0.279 e. The molecule has 4 rings (SSSR count). The van der Waals surface area contributed by atoms with Crippen LogP contribution in [0.2, 0.25) is 0 Å². The Bertz CT molecular complexity index is 938. The van der Waals surface area contributed by atoms with E-state index in [4.69, 9.17) is 0 Å². The molecule has 0 aliphatic heterocycles. The van der Waals surface area contributed by atoms with Crippen molar-refractivity contribution in [3.05, 3.63) is 52.9 Å². The van der Waals surface area contributed by atoms with E-state index in [-0.39, 0.29) is 5.91 Å². The largest absolute Gasteiger partial charge is 0.286 e. The van der Waals surface area contributed by atoms with Gasteiger partial charge in [0.05, 0.1) is 15.1 Å². The van der Waals surface area contributed by atoms with Crippen LogP contribution in [-0.2, 0) is 0 Å². The molecule has 0 atom stereocenters. The molecule has 0 bridgehead atoms. The monoisotopic (exact) mass is 357 g/mol. The number of thiophene rings is 1. The summed E-state index contributed by atoms with van der Waals surface area (Å²) in [4.78, 5) is 24.3. The van der Waals surface area contributed by atoms with Gasteiger partial charge in [0.25, 0.3) is 5.91 Å². The number of benzene rings is 1. The predicted octanol–water partition coefficient (Wildman–Crippen LogP) is 4.76. The molecule has 3 heterocycles. The molecule has 0 aliphatic carbocycles. The Labute approximate surface area is 144 Å². The van der Waals surface area contributed by atoms with Gasteiger partial charge in [0, 0.05) is 12.4 Å². The van der Waals surface area contributed by atoms with E-state index in [0.717, 1.165) is 20.1 Å². The molecule has 0 spiro atoms. The lowest BCUT2D eigenvalue weighted by Gasteiger charge is -2.11. The molecule has 0 radical (unpaired) electrons. The van der Waals surface area contributed by atoms with E-state index >= 15 is 0 Å². The maximum Gasteiger partial charge on any atom is 0.279 e.